The van der Waals surface area contributed by atoms with E-state index in [-0.39, 0.29) is 5.54 Å². The third kappa shape index (κ3) is 4.39. The summed E-state index contributed by atoms with van der Waals surface area (Å²) in [6, 6.07) is 13.0. The number of rotatable bonds is 6. The Kier molecular flexibility index (Phi) is 5.33. The van der Waals surface area contributed by atoms with Gasteiger partial charge in [0.25, 0.3) is 0 Å². The quantitative estimate of drug-likeness (QED) is 0.568. The summed E-state index contributed by atoms with van der Waals surface area (Å²) < 4.78 is 11.5. The summed E-state index contributed by atoms with van der Waals surface area (Å²) in [6.45, 7) is 4.83. The Balaban J connectivity index is 1.50. The van der Waals surface area contributed by atoms with E-state index in [4.69, 9.17) is 19.5 Å². The minimum atomic E-state index is -0.148. The molecule has 2 aliphatic carbocycles. The first-order valence-electron chi connectivity index (χ1n) is 11.6. The Morgan fingerprint density at radius 1 is 1.03 bits per heavy atom. The predicted octanol–water partition coefficient (Wildman–Crippen LogP) is 6.14. The van der Waals surface area contributed by atoms with Crippen LogP contribution in [0.4, 0.5) is 0 Å². The zero-order valence-corrected chi connectivity index (χ0v) is 18.9. The molecule has 5 rings (SSSR count). The fourth-order valence-electron chi connectivity index (χ4n) is 4.68. The molecule has 0 N–H and O–H groups in total. The van der Waals surface area contributed by atoms with Crippen molar-refractivity contribution >= 4 is 11.5 Å². The number of hydrogen-bond acceptors (Lipinski definition) is 4. The van der Waals surface area contributed by atoms with Crippen LogP contribution in [0.25, 0.3) is 5.57 Å². The van der Waals surface area contributed by atoms with Crippen LogP contribution in [0.15, 0.2) is 47.5 Å². The van der Waals surface area contributed by atoms with Gasteiger partial charge in [-0.3, -0.25) is 0 Å². The van der Waals surface area contributed by atoms with Gasteiger partial charge in [-0.2, -0.15) is 0 Å². The summed E-state index contributed by atoms with van der Waals surface area (Å²) in [5.41, 5.74) is 5.52. The van der Waals surface area contributed by atoms with Crippen LogP contribution >= 0.6 is 0 Å². The van der Waals surface area contributed by atoms with Gasteiger partial charge in [0.2, 0.25) is 11.8 Å². The van der Waals surface area contributed by atoms with E-state index in [1.165, 1.54) is 55.2 Å². The highest BCUT2D eigenvalue weighted by atomic mass is 16.5. The van der Waals surface area contributed by atoms with E-state index in [0.29, 0.717) is 18.4 Å². The Morgan fingerprint density at radius 2 is 1.77 bits per heavy atom. The highest BCUT2D eigenvalue weighted by Crippen LogP contribution is 2.44. The van der Waals surface area contributed by atoms with Crippen LogP contribution in [0.5, 0.6) is 5.88 Å². The molecule has 0 amide bonds. The van der Waals surface area contributed by atoms with Crippen molar-refractivity contribution in [3.8, 4) is 5.88 Å². The van der Waals surface area contributed by atoms with Gasteiger partial charge in [-0.05, 0) is 75.1 Å². The topological polar surface area (TPSA) is 43.7 Å². The van der Waals surface area contributed by atoms with Crippen molar-refractivity contribution in [1.29, 1.82) is 0 Å². The first-order chi connectivity index (χ1) is 15.0. The van der Waals surface area contributed by atoms with E-state index >= 15 is 0 Å². The van der Waals surface area contributed by atoms with Crippen LogP contribution < -0.4 is 4.74 Å². The van der Waals surface area contributed by atoms with Crippen LogP contribution in [0, 0.1) is 5.92 Å². The van der Waals surface area contributed by atoms with Crippen LogP contribution in [0.3, 0.4) is 0 Å². The second kappa shape index (κ2) is 8.14. The van der Waals surface area contributed by atoms with Crippen molar-refractivity contribution in [3.05, 3.63) is 64.9 Å². The SMILES string of the molecule is COc1nc(C(=CC2CCCC2)c2ccc(C3=NC(C)(C)CO3)cc2)ccc1C1CC1. The molecule has 0 radical (unpaired) electrons. The fraction of sp³-hybridized carbons (Fsp3) is 0.481. The highest BCUT2D eigenvalue weighted by Gasteiger charge is 2.29. The third-order valence-electron chi connectivity index (χ3n) is 6.59. The molecule has 31 heavy (non-hydrogen) atoms. The summed E-state index contributed by atoms with van der Waals surface area (Å²) in [6.07, 6.45) is 10.1. The van der Waals surface area contributed by atoms with E-state index in [9.17, 15) is 0 Å². The molecule has 1 aliphatic heterocycles. The molecule has 0 saturated heterocycles. The number of methoxy groups -OCH3 is 1. The molecule has 4 nitrogen and oxygen atoms in total. The molecule has 1 aromatic carbocycles. The number of ether oxygens (including phenoxy) is 2. The van der Waals surface area contributed by atoms with Crippen LogP contribution in [0.2, 0.25) is 0 Å². The summed E-state index contributed by atoms with van der Waals surface area (Å²) in [7, 11) is 1.73. The van der Waals surface area contributed by atoms with Gasteiger partial charge in [-0.25, -0.2) is 9.98 Å². The van der Waals surface area contributed by atoms with Crippen molar-refractivity contribution in [3.63, 3.8) is 0 Å². The Morgan fingerprint density at radius 3 is 2.39 bits per heavy atom. The van der Waals surface area contributed by atoms with Crippen molar-refractivity contribution < 1.29 is 9.47 Å². The van der Waals surface area contributed by atoms with Gasteiger partial charge in [0.1, 0.15) is 6.61 Å². The Hall–Kier alpha value is -2.62. The van der Waals surface area contributed by atoms with Crippen molar-refractivity contribution in [1.82, 2.24) is 4.98 Å². The van der Waals surface area contributed by atoms with E-state index in [2.05, 4.69) is 56.3 Å². The largest absolute Gasteiger partial charge is 0.481 e. The van der Waals surface area contributed by atoms with Gasteiger partial charge < -0.3 is 9.47 Å². The van der Waals surface area contributed by atoms with Gasteiger partial charge in [0, 0.05) is 16.7 Å². The minimum Gasteiger partial charge on any atom is -0.481 e. The van der Waals surface area contributed by atoms with Crippen molar-refractivity contribution in [2.45, 2.75) is 63.8 Å². The molecular formula is C27H32N2O2. The molecular weight excluding hydrogens is 384 g/mol. The predicted molar refractivity (Wildman–Crippen MR) is 125 cm³/mol. The first kappa shape index (κ1) is 20.3. The maximum absolute atomic E-state index is 5.83. The van der Waals surface area contributed by atoms with E-state index in [1.807, 2.05) is 0 Å². The molecule has 2 fully saturated rings. The van der Waals surface area contributed by atoms with Gasteiger partial charge in [-0.1, -0.05) is 37.1 Å². The fourth-order valence-corrected chi connectivity index (χ4v) is 4.68. The molecule has 4 heteroatoms. The third-order valence-corrected chi connectivity index (χ3v) is 6.59. The molecule has 3 aliphatic rings. The zero-order chi connectivity index (χ0) is 21.4. The standard InChI is InChI=1S/C27H32N2O2/c1-27(2)17-31-25(29-27)21-12-10-20(11-13-21)23(16-18-6-4-5-7-18)24-15-14-22(19-8-9-19)26(28-24)30-3/h10-16,18-19H,4-9,17H2,1-3H3. The lowest BCUT2D eigenvalue weighted by molar-refractivity contribution is 0.279. The van der Waals surface area contributed by atoms with Gasteiger partial charge in [-0.15, -0.1) is 0 Å². The van der Waals surface area contributed by atoms with Crippen LogP contribution in [-0.4, -0.2) is 30.1 Å². The number of benzene rings is 1. The average molecular weight is 417 g/mol. The lowest BCUT2D eigenvalue weighted by atomic mass is 9.95. The molecule has 0 bridgehead atoms. The molecule has 2 saturated carbocycles. The molecule has 0 atom stereocenters. The van der Waals surface area contributed by atoms with Gasteiger partial charge in [0.15, 0.2) is 0 Å². The summed E-state index contributed by atoms with van der Waals surface area (Å²) in [5.74, 6) is 2.76. The number of aromatic nitrogens is 1. The lowest BCUT2D eigenvalue weighted by Crippen LogP contribution is -2.17. The zero-order valence-electron chi connectivity index (χ0n) is 18.9. The number of nitrogens with zero attached hydrogens (tertiary/aromatic N) is 2. The number of hydrogen-bond donors (Lipinski definition) is 0. The van der Waals surface area contributed by atoms with E-state index < -0.39 is 0 Å². The van der Waals surface area contributed by atoms with Crippen molar-refractivity contribution in [2.24, 2.45) is 10.9 Å². The summed E-state index contributed by atoms with van der Waals surface area (Å²) >= 11 is 0. The van der Waals surface area contributed by atoms with E-state index in [1.54, 1.807) is 7.11 Å². The summed E-state index contributed by atoms with van der Waals surface area (Å²) in [4.78, 5) is 9.66. The molecule has 2 heterocycles. The highest BCUT2D eigenvalue weighted by molar-refractivity contribution is 5.96. The second-order valence-electron chi connectivity index (χ2n) is 9.79. The molecule has 2 aromatic rings. The Bertz CT molecular complexity index is 1010. The maximum Gasteiger partial charge on any atom is 0.217 e. The normalized spacial score (nSPS) is 21.1. The molecule has 0 unspecified atom stereocenters. The van der Waals surface area contributed by atoms with E-state index in [0.717, 1.165) is 23.0 Å². The maximum atomic E-state index is 5.83. The average Bonchev–Trinajstić information content (AvgIpc) is 3.37. The van der Waals surface area contributed by atoms with Gasteiger partial charge >= 0.3 is 0 Å². The van der Waals surface area contributed by atoms with Crippen LogP contribution in [0.1, 0.15) is 80.7 Å². The molecule has 162 valence electrons. The lowest BCUT2D eigenvalue weighted by Gasteiger charge is -2.14. The van der Waals surface area contributed by atoms with Crippen molar-refractivity contribution in [2.75, 3.05) is 13.7 Å². The summed E-state index contributed by atoms with van der Waals surface area (Å²) in [5, 5.41) is 0. The number of aliphatic imine (C=N–C) groups is 1. The second-order valence-corrected chi connectivity index (χ2v) is 9.79. The minimum absolute atomic E-state index is 0.148. The molecule has 0 spiro atoms. The number of allylic oxidation sites excluding steroid dienone is 1. The molecule has 1 aromatic heterocycles. The Labute approximate surface area is 185 Å². The smallest absolute Gasteiger partial charge is 0.217 e. The number of pyridine rings is 1. The van der Waals surface area contributed by atoms with Gasteiger partial charge in [0.05, 0.1) is 18.3 Å². The first-order valence-corrected chi connectivity index (χ1v) is 11.6. The monoisotopic (exact) mass is 416 g/mol. The van der Waals surface area contributed by atoms with Crippen LogP contribution in [-0.2, 0) is 4.74 Å².